The highest BCUT2D eigenvalue weighted by Crippen LogP contribution is 2.39. The van der Waals surface area contributed by atoms with Gasteiger partial charge in [-0.2, -0.15) is 0 Å². The number of methoxy groups -OCH3 is 2. The van der Waals surface area contributed by atoms with E-state index in [1.54, 1.807) is 14.2 Å². The Morgan fingerprint density at radius 3 is 2.62 bits per heavy atom. The van der Waals surface area contributed by atoms with Crippen LogP contribution in [0.5, 0.6) is 11.5 Å². The van der Waals surface area contributed by atoms with Crippen molar-refractivity contribution in [2.45, 2.75) is 25.8 Å². The largest absolute Gasteiger partial charge is 0.493 e. The minimum absolute atomic E-state index is 0.254. The van der Waals surface area contributed by atoms with Gasteiger partial charge in [0.15, 0.2) is 11.5 Å². The van der Waals surface area contributed by atoms with Crippen LogP contribution in [0, 0.1) is 5.92 Å². The van der Waals surface area contributed by atoms with Crippen LogP contribution in [0.4, 0.5) is 0 Å². The van der Waals surface area contributed by atoms with Crippen molar-refractivity contribution in [1.29, 1.82) is 0 Å². The van der Waals surface area contributed by atoms with Gasteiger partial charge < -0.3 is 19.5 Å². The van der Waals surface area contributed by atoms with Gasteiger partial charge in [0.05, 0.1) is 20.8 Å². The van der Waals surface area contributed by atoms with Crippen LogP contribution in [0.25, 0.3) is 0 Å². The molecule has 0 aliphatic carbocycles. The molecule has 5 heteroatoms. The van der Waals surface area contributed by atoms with Crippen molar-refractivity contribution in [3.8, 4) is 11.5 Å². The molecule has 21 heavy (non-hydrogen) atoms. The van der Waals surface area contributed by atoms with E-state index in [1.807, 2.05) is 6.07 Å². The van der Waals surface area contributed by atoms with Gasteiger partial charge >= 0.3 is 0 Å². The maximum absolute atomic E-state index is 5.66. The van der Waals surface area contributed by atoms with Crippen LogP contribution in [0.1, 0.15) is 31.4 Å². The third-order valence-corrected chi connectivity index (χ3v) is 4.62. The van der Waals surface area contributed by atoms with Crippen LogP contribution in [0.2, 0.25) is 0 Å². The van der Waals surface area contributed by atoms with Crippen LogP contribution in [-0.2, 0) is 4.74 Å². The third-order valence-electron chi connectivity index (χ3n) is 3.93. The summed E-state index contributed by atoms with van der Waals surface area (Å²) in [5, 5.41) is 3.59. The van der Waals surface area contributed by atoms with Gasteiger partial charge in [0.2, 0.25) is 0 Å². The third kappa shape index (κ3) is 3.90. The van der Waals surface area contributed by atoms with E-state index in [4.69, 9.17) is 14.2 Å². The average molecular weight is 358 g/mol. The molecule has 1 aromatic carbocycles. The van der Waals surface area contributed by atoms with Gasteiger partial charge in [0, 0.05) is 23.0 Å². The van der Waals surface area contributed by atoms with Crippen molar-refractivity contribution in [3.05, 3.63) is 22.2 Å². The SMILES string of the molecule is CCNC(c1cc(OC)c(OC)cc1Br)C1CCCOC1. The quantitative estimate of drug-likeness (QED) is 0.844. The van der Waals surface area contributed by atoms with Gasteiger partial charge in [0.1, 0.15) is 0 Å². The van der Waals surface area contributed by atoms with Crippen molar-refractivity contribution in [3.63, 3.8) is 0 Å². The smallest absolute Gasteiger partial charge is 0.161 e. The molecule has 2 rings (SSSR count). The Kier molecular flexibility index (Phi) is 6.33. The number of hydrogen-bond donors (Lipinski definition) is 1. The minimum Gasteiger partial charge on any atom is -0.493 e. The lowest BCUT2D eigenvalue weighted by Crippen LogP contribution is -2.33. The molecule has 1 heterocycles. The summed E-state index contributed by atoms with van der Waals surface area (Å²) < 4.78 is 17.5. The van der Waals surface area contributed by atoms with Crippen LogP contribution in [-0.4, -0.2) is 34.0 Å². The van der Waals surface area contributed by atoms with Gasteiger partial charge in [-0.3, -0.25) is 0 Å². The van der Waals surface area contributed by atoms with Crippen LogP contribution >= 0.6 is 15.9 Å². The molecule has 1 saturated heterocycles. The Morgan fingerprint density at radius 1 is 1.33 bits per heavy atom. The van der Waals surface area contributed by atoms with Gasteiger partial charge in [0.25, 0.3) is 0 Å². The fourth-order valence-corrected chi connectivity index (χ4v) is 3.46. The molecule has 0 radical (unpaired) electrons. The zero-order valence-corrected chi connectivity index (χ0v) is 14.5. The average Bonchev–Trinajstić information content (AvgIpc) is 2.53. The van der Waals surface area contributed by atoms with Crippen molar-refractivity contribution in [2.75, 3.05) is 34.0 Å². The molecule has 0 aromatic heterocycles. The Hall–Kier alpha value is -0.780. The number of nitrogens with one attached hydrogen (secondary N) is 1. The number of rotatable bonds is 6. The molecule has 4 nitrogen and oxygen atoms in total. The summed E-state index contributed by atoms with van der Waals surface area (Å²) in [6.45, 7) is 4.73. The van der Waals surface area contributed by atoms with E-state index < -0.39 is 0 Å². The highest BCUT2D eigenvalue weighted by molar-refractivity contribution is 9.10. The molecule has 0 spiro atoms. The van der Waals surface area contributed by atoms with Crippen molar-refractivity contribution in [1.82, 2.24) is 5.32 Å². The van der Waals surface area contributed by atoms with E-state index in [2.05, 4.69) is 34.2 Å². The normalized spacial score (nSPS) is 20.1. The molecule has 2 atom stereocenters. The van der Waals surface area contributed by atoms with E-state index in [0.717, 1.165) is 42.2 Å². The maximum atomic E-state index is 5.66. The first-order valence-corrected chi connectivity index (χ1v) is 8.23. The molecule has 1 N–H and O–H groups in total. The lowest BCUT2D eigenvalue weighted by atomic mass is 9.88. The molecule has 1 fully saturated rings. The topological polar surface area (TPSA) is 39.7 Å². The van der Waals surface area contributed by atoms with Gasteiger partial charge in [-0.1, -0.05) is 22.9 Å². The molecule has 1 aromatic rings. The fourth-order valence-electron chi connectivity index (χ4n) is 2.89. The van der Waals surface area contributed by atoms with E-state index in [9.17, 15) is 0 Å². The fraction of sp³-hybridized carbons (Fsp3) is 0.625. The molecular formula is C16H24BrNO3. The Labute approximate surface area is 135 Å². The first kappa shape index (κ1) is 16.6. The van der Waals surface area contributed by atoms with E-state index in [0.29, 0.717) is 5.92 Å². The van der Waals surface area contributed by atoms with E-state index >= 15 is 0 Å². The zero-order valence-electron chi connectivity index (χ0n) is 12.9. The second kappa shape index (κ2) is 8.01. The maximum Gasteiger partial charge on any atom is 0.161 e. The summed E-state index contributed by atoms with van der Waals surface area (Å²) in [5.41, 5.74) is 1.20. The predicted octanol–water partition coefficient (Wildman–Crippen LogP) is 3.54. The zero-order chi connectivity index (χ0) is 15.2. The number of benzene rings is 1. The van der Waals surface area contributed by atoms with Crippen molar-refractivity contribution >= 4 is 15.9 Å². The molecule has 1 aliphatic heterocycles. The monoisotopic (exact) mass is 357 g/mol. The second-order valence-corrected chi connectivity index (χ2v) is 6.10. The van der Waals surface area contributed by atoms with Crippen LogP contribution in [0.15, 0.2) is 16.6 Å². The van der Waals surface area contributed by atoms with Gasteiger partial charge in [-0.15, -0.1) is 0 Å². The number of hydrogen-bond acceptors (Lipinski definition) is 4. The predicted molar refractivity (Wildman–Crippen MR) is 87.2 cm³/mol. The standard InChI is InChI=1S/C16H24BrNO3/c1-4-18-16(11-6-5-7-21-10-11)12-8-14(19-2)15(20-3)9-13(12)17/h8-9,11,16,18H,4-7,10H2,1-3H3. The highest BCUT2D eigenvalue weighted by atomic mass is 79.9. The first-order chi connectivity index (χ1) is 10.2. The number of ether oxygens (including phenoxy) is 3. The van der Waals surface area contributed by atoms with Gasteiger partial charge in [-0.25, -0.2) is 0 Å². The molecular weight excluding hydrogens is 334 g/mol. The minimum atomic E-state index is 0.254. The Balaban J connectivity index is 2.34. The summed E-state index contributed by atoms with van der Waals surface area (Å²) in [7, 11) is 3.32. The lowest BCUT2D eigenvalue weighted by Gasteiger charge is -2.32. The summed E-state index contributed by atoms with van der Waals surface area (Å²) in [6.07, 6.45) is 2.30. The van der Waals surface area contributed by atoms with Gasteiger partial charge in [-0.05, 0) is 37.1 Å². The molecule has 2 unspecified atom stereocenters. The molecule has 1 aliphatic rings. The van der Waals surface area contributed by atoms with E-state index in [-0.39, 0.29) is 6.04 Å². The highest BCUT2D eigenvalue weighted by Gasteiger charge is 2.27. The lowest BCUT2D eigenvalue weighted by molar-refractivity contribution is 0.0391. The molecule has 0 saturated carbocycles. The van der Waals surface area contributed by atoms with Crippen LogP contribution in [0.3, 0.4) is 0 Å². The van der Waals surface area contributed by atoms with Crippen molar-refractivity contribution in [2.24, 2.45) is 5.92 Å². The first-order valence-electron chi connectivity index (χ1n) is 7.43. The molecule has 0 amide bonds. The summed E-state index contributed by atoms with van der Waals surface area (Å²) in [6, 6.07) is 4.29. The summed E-state index contributed by atoms with van der Waals surface area (Å²) in [5.74, 6) is 1.98. The Morgan fingerprint density at radius 2 is 2.05 bits per heavy atom. The molecule has 0 bridgehead atoms. The van der Waals surface area contributed by atoms with E-state index in [1.165, 1.54) is 12.0 Å². The van der Waals surface area contributed by atoms with Crippen molar-refractivity contribution < 1.29 is 14.2 Å². The number of halogens is 1. The summed E-state index contributed by atoms with van der Waals surface area (Å²) in [4.78, 5) is 0. The Bertz CT molecular complexity index is 461. The van der Waals surface area contributed by atoms with Crippen LogP contribution < -0.4 is 14.8 Å². The second-order valence-electron chi connectivity index (χ2n) is 5.24. The molecule has 118 valence electrons. The summed E-state index contributed by atoms with van der Waals surface area (Å²) >= 11 is 3.67.